The molecule has 5 aromatic carbocycles. The predicted octanol–water partition coefficient (Wildman–Crippen LogP) is 7.64. The van der Waals surface area contributed by atoms with E-state index >= 15 is 0 Å². The lowest BCUT2D eigenvalue weighted by Crippen LogP contribution is -2.43. The summed E-state index contributed by atoms with van der Waals surface area (Å²) in [4.78, 5) is 32.1. The van der Waals surface area contributed by atoms with Crippen LogP contribution in [0.3, 0.4) is 0 Å². The minimum Gasteiger partial charge on any atom is -0.311 e. The number of anilines is 3. The first-order chi connectivity index (χ1) is 20.0. The Bertz CT molecular complexity index is 1680. The number of rotatable bonds is 8. The van der Waals surface area contributed by atoms with Gasteiger partial charge < -0.3 is 9.80 Å². The molecular formula is C36H31N3O2. The molecule has 0 aliphatic carbocycles. The van der Waals surface area contributed by atoms with Gasteiger partial charge in [0.2, 0.25) is 0 Å². The molecule has 0 fully saturated rings. The van der Waals surface area contributed by atoms with E-state index in [0.29, 0.717) is 24.2 Å². The second-order valence-electron chi connectivity index (χ2n) is 10.4. The molecule has 0 bridgehead atoms. The van der Waals surface area contributed by atoms with Crippen LogP contribution in [-0.4, -0.2) is 48.8 Å². The lowest BCUT2D eigenvalue weighted by atomic mass is 9.91. The minimum absolute atomic E-state index is 0.229. The monoisotopic (exact) mass is 537 g/mol. The van der Waals surface area contributed by atoms with E-state index in [2.05, 4.69) is 65.6 Å². The Morgan fingerprint density at radius 2 is 1.20 bits per heavy atom. The van der Waals surface area contributed by atoms with Crippen molar-refractivity contribution in [3.63, 3.8) is 0 Å². The van der Waals surface area contributed by atoms with Gasteiger partial charge in [-0.05, 0) is 79.1 Å². The van der Waals surface area contributed by atoms with Crippen molar-refractivity contribution in [3.8, 4) is 0 Å². The molecule has 0 aromatic heterocycles. The van der Waals surface area contributed by atoms with Gasteiger partial charge >= 0.3 is 0 Å². The van der Waals surface area contributed by atoms with Crippen LogP contribution < -0.4 is 4.90 Å². The first-order valence-corrected chi connectivity index (χ1v) is 13.8. The number of imide groups is 1. The summed E-state index contributed by atoms with van der Waals surface area (Å²) in [6.45, 7) is 0.987. The van der Waals surface area contributed by atoms with Crippen LogP contribution in [0.5, 0.6) is 0 Å². The summed E-state index contributed by atoms with van der Waals surface area (Å²) in [5.41, 5.74) is 6.43. The standard InChI is InChI=1S/C36H31N3O2/c1-37(2)24-25-38-35(40)32-15-9-14-31-27(20-23-33(34(31)32)36(38)41)19-16-26-17-21-30(22-18-26)39(28-10-5-3-6-11-28)29-12-7-4-8-13-29/h3-23H,24-25H2,1-2H3. The van der Waals surface area contributed by atoms with Crippen LogP contribution in [-0.2, 0) is 0 Å². The lowest BCUT2D eigenvalue weighted by Gasteiger charge is -2.28. The molecule has 5 heteroatoms. The highest BCUT2D eigenvalue weighted by molar-refractivity contribution is 6.26. The summed E-state index contributed by atoms with van der Waals surface area (Å²) >= 11 is 0. The van der Waals surface area contributed by atoms with Crippen LogP contribution in [0.4, 0.5) is 17.1 Å². The maximum absolute atomic E-state index is 13.3. The quantitative estimate of drug-likeness (QED) is 0.151. The molecule has 0 spiro atoms. The molecule has 1 aliphatic rings. The van der Waals surface area contributed by atoms with Gasteiger partial charge in [0.15, 0.2) is 0 Å². The highest BCUT2D eigenvalue weighted by Gasteiger charge is 2.32. The van der Waals surface area contributed by atoms with E-state index in [1.54, 1.807) is 0 Å². The number of amides is 2. The van der Waals surface area contributed by atoms with E-state index in [0.717, 1.165) is 39.0 Å². The molecule has 5 aromatic rings. The van der Waals surface area contributed by atoms with Crippen LogP contribution in [0.15, 0.2) is 115 Å². The predicted molar refractivity (Wildman–Crippen MR) is 168 cm³/mol. The molecule has 1 heterocycles. The van der Waals surface area contributed by atoms with E-state index in [9.17, 15) is 9.59 Å². The number of carbonyl (C=O) groups excluding carboxylic acids is 2. The molecule has 41 heavy (non-hydrogen) atoms. The fourth-order valence-electron chi connectivity index (χ4n) is 5.34. The molecule has 5 nitrogen and oxygen atoms in total. The SMILES string of the molecule is CN(C)CCN1C(=O)c2cccc3c(C=Cc4ccc(N(c5ccccc5)c5ccccc5)cc4)ccc(c23)C1=O. The first-order valence-electron chi connectivity index (χ1n) is 13.8. The Balaban J connectivity index is 1.30. The van der Waals surface area contributed by atoms with Gasteiger partial charge in [-0.3, -0.25) is 14.5 Å². The number of nitrogens with zero attached hydrogens (tertiary/aromatic N) is 3. The molecule has 0 N–H and O–H groups in total. The number of benzene rings is 5. The maximum atomic E-state index is 13.3. The van der Waals surface area contributed by atoms with Crippen molar-refractivity contribution in [1.29, 1.82) is 0 Å². The molecule has 202 valence electrons. The number of hydrogen-bond acceptors (Lipinski definition) is 4. The topological polar surface area (TPSA) is 43.9 Å². The van der Waals surface area contributed by atoms with Crippen LogP contribution in [0, 0.1) is 0 Å². The van der Waals surface area contributed by atoms with E-state index in [1.165, 1.54) is 4.90 Å². The molecule has 6 rings (SSSR count). The zero-order chi connectivity index (χ0) is 28.3. The maximum Gasteiger partial charge on any atom is 0.261 e. The largest absolute Gasteiger partial charge is 0.311 e. The smallest absolute Gasteiger partial charge is 0.261 e. The Morgan fingerprint density at radius 3 is 1.80 bits per heavy atom. The van der Waals surface area contributed by atoms with Crippen molar-refractivity contribution in [2.75, 3.05) is 32.1 Å². The Hall–Kier alpha value is -5.00. The van der Waals surface area contributed by atoms with Gasteiger partial charge in [-0.2, -0.15) is 0 Å². The van der Waals surface area contributed by atoms with Crippen molar-refractivity contribution in [1.82, 2.24) is 9.80 Å². The van der Waals surface area contributed by atoms with E-state index in [1.807, 2.05) is 85.7 Å². The Morgan fingerprint density at radius 1 is 0.610 bits per heavy atom. The zero-order valence-corrected chi connectivity index (χ0v) is 23.2. The van der Waals surface area contributed by atoms with Gasteiger partial charge in [0.05, 0.1) is 0 Å². The summed E-state index contributed by atoms with van der Waals surface area (Å²) in [7, 11) is 3.87. The van der Waals surface area contributed by atoms with Gasteiger partial charge in [0.25, 0.3) is 11.8 Å². The summed E-state index contributed by atoms with van der Waals surface area (Å²) in [6, 6.07) is 38.6. The summed E-state index contributed by atoms with van der Waals surface area (Å²) in [5, 5.41) is 1.64. The third kappa shape index (κ3) is 5.15. The fraction of sp³-hybridized carbons (Fsp3) is 0.111. The molecule has 0 saturated carbocycles. The minimum atomic E-state index is -0.229. The second-order valence-corrected chi connectivity index (χ2v) is 10.4. The van der Waals surface area contributed by atoms with Crippen LogP contribution >= 0.6 is 0 Å². The average Bonchev–Trinajstić information content (AvgIpc) is 3.00. The van der Waals surface area contributed by atoms with Gasteiger partial charge in [-0.25, -0.2) is 0 Å². The van der Waals surface area contributed by atoms with Crippen molar-refractivity contribution in [2.45, 2.75) is 0 Å². The zero-order valence-electron chi connectivity index (χ0n) is 23.2. The molecule has 1 aliphatic heterocycles. The van der Waals surface area contributed by atoms with Crippen LogP contribution in [0.1, 0.15) is 31.8 Å². The van der Waals surface area contributed by atoms with Crippen molar-refractivity contribution in [3.05, 3.63) is 138 Å². The molecule has 0 radical (unpaired) electrons. The summed E-state index contributed by atoms with van der Waals surface area (Å²) in [6.07, 6.45) is 4.12. The van der Waals surface area contributed by atoms with Crippen molar-refractivity contribution >= 4 is 51.8 Å². The van der Waals surface area contributed by atoms with Crippen molar-refractivity contribution in [2.24, 2.45) is 0 Å². The second kappa shape index (κ2) is 11.2. The van der Waals surface area contributed by atoms with Gasteiger partial charge in [0.1, 0.15) is 0 Å². The van der Waals surface area contributed by atoms with E-state index in [4.69, 9.17) is 0 Å². The Kier molecular flexibility index (Phi) is 7.19. The fourth-order valence-corrected chi connectivity index (χ4v) is 5.34. The third-order valence-electron chi connectivity index (χ3n) is 7.43. The van der Waals surface area contributed by atoms with E-state index < -0.39 is 0 Å². The molecular weight excluding hydrogens is 506 g/mol. The molecule has 0 saturated heterocycles. The first kappa shape index (κ1) is 26.2. The summed E-state index contributed by atoms with van der Waals surface area (Å²) < 4.78 is 0. The van der Waals surface area contributed by atoms with Crippen LogP contribution in [0.2, 0.25) is 0 Å². The van der Waals surface area contributed by atoms with Gasteiger partial charge in [-0.15, -0.1) is 0 Å². The molecule has 2 amide bonds. The highest BCUT2D eigenvalue weighted by Crippen LogP contribution is 2.35. The molecule has 0 unspecified atom stereocenters. The average molecular weight is 538 g/mol. The number of hydrogen-bond donors (Lipinski definition) is 0. The highest BCUT2D eigenvalue weighted by atomic mass is 16.2. The van der Waals surface area contributed by atoms with Gasteiger partial charge in [0, 0.05) is 46.7 Å². The third-order valence-corrected chi connectivity index (χ3v) is 7.43. The molecule has 0 atom stereocenters. The lowest BCUT2D eigenvalue weighted by molar-refractivity contribution is 0.0601. The Labute approximate surface area is 240 Å². The number of carbonyl (C=O) groups is 2. The van der Waals surface area contributed by atoms with Gasteiger partial charge in [-0.1, -0.05) is 78.9 Å². The van der Waals surface area contributed by atoms with E-state index in [-0.39, 0.29) is 11.8 Å². The number of likely N-dealkylation sites (N-methyl/N-ethyl adjacent to an activating group) is 1. The normalized spacial score (nSPS) is 13.0. The summed E-state index contributed by atoms with van der Waals surface area (Å²) in [5.74, 6) is -0.457. The van der Waals surface area contributed by atoms with Crippen molar-refractivity contribution < 1.29 is 9.59 Å². The number of para-hydroxylation sites is 2. The van der Waals surface area contributed by atoms with Crippen LogP contribution in [0.25, 0.3) is 22.9 Å².